The number of aliphatic hydroxyl groups excluding tert-OH is 1. The van der Waals surface area contributed by atoms with Crippen molar-refractivity contribution in [3.05, 3.63) is 0 Å². The SMILES string of the molecule is CC(C)(C)OC(=O)N1CCN2COC(C)(C)C2(CO)C1. The Labute approximate surface area is 120 Å². The maximum Gasteiger partial charge on any atom is 0.410 e. The van der Waals surface area contributed by atoms with Gasteiger partial charge in [-0.2, -0.15) is 0 Å². The summed E-state index contributed by atoms with van der Waals surface area (Å²) in [6.45, 7) is 11.6. The quantitative estimate of drug-likeness (QED) is 0.780. The van der Waals surface area contributed by atoms with Crippen LogP contribution in [0.2, 0.25) is 0 Å². The zero-order valence-corrected chi connectivity index (χ0v) is 13.1. The molecule has 6 nitrogen and oxygen atoms in total. The Morgan fingerprint density at radius 3 is 2.55 bits per heavy atom. The highest BCUT2D eigenvalue weighted by Crippen LogP contribution is 2.40. The topological polar surface area (TPSA) is 62.2 Å². The second-order valence-corrected chi connectivity index (χ2v) is 7.14. The van der Waals surface area contributed by atoms with Gasteiger partial charge in [0.05, 0.1) is 17.7 Å². The second kappa shape index (κ2) is 4.86. The first-order valence-corrected chi connectivity index (χ1v) is 7.09. The van der Waals surface area contributed by atoms with Crippen LogP contribution in [0.25, 0.3) is 0 Å². The molecule has 1 atom stereocenters. The van der Waals surface area contributed by atoms with E-state index in [1.54, 1.807) is 4.90 Å². The van der Waals surface area contributed by atoms with E-state index >= 15 is 0 Å². The predicted molar refractivity (Wildman–Crippen MR) is 74.4 cm³/mol. The largest absolute Gasteiger partial charge is 0.444 e. The first-order chi connectivity index (χ1) is 9.11. The van der Waals surface area contributed by atoms with Crippen molar-refractivity contribution in [2.75, 3.05) is 33.0 Å². The molecule has 6 heteroatoms. The lowest BCUT2D eigenvalue weighted by atomic mass is 9.80. The summed E-state index contributed by atoms with van der Waals surface area (Å²) < 4.78 is 11.2. The van der Waals surface area contributed by atoms with Crippen LogP contribution < -0.4 is 0 Å². The van der Waals surface area contributed by atoms with Crippen LogP contribution in [0.1, 0.15) is 34.6 Å². The molecule has 1 unspecified atom stereocenters. The van der Waals surface area contributed by atoms with Crippen molar-refractivity contribution in [2.45, 2.75) is 51.4 Å². The fourth-order valence-electron chi connectivity index (χ4n) is 2.91. The number of ether oxygens (including phenoxy) is 2. The van der Waals surface area contributed by atoms with E-state index in [9.17, 15) is 9.90 Å². The summed E-state index contributed by atoms with van der Waals surface area (Å²) in [6.07, 6.45) is -0.326. The van der Waals surface area contributed by atoms with Gasteiger partial charge in [0.25, 0.3) is 0 Å². The number of hydrogen-bond acceptors (Lipinski definition) is 5. The van der Waals surface area contributed by atoms with Gasteiger partial charge in [0.1, 0.15) is 12.3 Å². The molecule has 20 heavy (non-hydrogen) atoms. The molecular weight excluding hydrogens is 260 g/mol. The molecule has 2 fully saturated rings. The van der Waals surface area contributed by atoms with Gasteiger partial charge in [-0.1, -0.05) is 0 Å². The second-order valence-electron chi connectivity index (χ2n) is 7.14. The number of carbonyl (C=O) groups is 1. The van der Waals surface area contributed by atoms with E-state index in [4.69, 9.17) is 9.47 Å². The van der Waals surface area contributed by atoms with Crippen molar-refractivity contribution in [1.29, 1.82) is 0 Å². The normalized spacial score (nSPS) is 30.2. The third-order valence-electron chi connectivity index (χ3n) is 4.31. The summed E-state index contributed by atoms with van der Waals surface area (Å²) >= 11 is 0. The van der Waals surface area contributed by atoms with Gasteiger partial charge >= 0.3 is 6.09 Å². The standard InChI is InChI=1S/C14H26N2O4/c1-12(2,3)20-11(18)15-6-7-16-10-19-13(4,5)14(16,8-15)9-17/h17H,6-10H2,1-5H3. The third-order valence-corrected chi connectivity index (χ3v) is 4.31. The molecule has 0 aromatic carbocycles. The Kier molecular flexibility index (Phi) is 3.77. The lowest BCUT2D eigenvalue weighted by molar-refractivity contribution is -0.0633. The van der Waals surface area contributed by atoms with Crippen LogP contribution in [-0.2, 0) is 9.47 Å². The van der Waals surface area contributed by atoms with Crippen LogP contribution in [0.3, 0.4) is 0 Å². The fourth-order valence-corrected chi connectivity index (χ4v) is 2.91. The molecule has 0 bridgehead atoms. The Hall–Kier alpha value is -0.850. The molecule has 116 valence electrons. The van der Waals surface area contributed by atoms with Crippen LogP contribution in [0.5, 0.6) is 0 Å². The molecule has 2 aliphatic rings. The van der Waals surface area contributed by atoms with E-state index in [2.05, 4.69) is 4.90 Å². The minimum atomic E-state index is -0.553. The van der Waals surface area contributed by atoms with Gasteiger partial charge < -0.3 is 19.5 Å². The zero-order valence-electron chi connectivity index (χ0n) is 13.1. The van der Waals surface area contributed by atoms with Crippen LogP contribution in [0.4, 0.5) is 4.79 Å². The number of hydrogen-bond donors (Lipinski definition) is 1. The fraction of sp³-hybridized carbons (Fsp3) is 0.929. The molecule has 1 N–H and O–H groups in total. The van der Waals surface area contributed by atoms with Gasteiger partial charge in [-0.25, -0.2) is 4.79 Å². The summed E-state index contributed by atoms with van der Waals surface area (Å²) in [4.78, 5) is 16.0. The van der Waals surface area contributed by atoms with Crippen molar-refractivity contribution in [3.8, 4) is 0 Å². The van der Waals surface area contributed by atoms with Gasteiger partial charge in [-0.15, -0.1) is 0 Å². The maximum absolute atomic E-state index is 12.2. The van der Waals surface area contributed by atoms with Crippen LogP contribution in [0, 0.1) is 0 Å². The molecule has 0 spiro atoms. The monoisotopic (exact) mass is 286 g/mol. The van der Waals surface area contributed by atoms with Gasteiger partial charge in [0.15, 0.2) is 0 Å². The molecule has 0 saturated carbocycles. The Morgan fingerprint density at radius 2 is 2.00 bits per heavy atom. The summed E-state index contributed by atoms with van der Waals surface area (Å²) in [7, 11) is 0. The number of nitrogens with zero attached hydrogens (tertiary/aromatic N) is 2. The molecule has 2 rings (SSSR count). The van der Waals surface area contributed by atoms with Gasteiger partial charge in [-0.3, -0.25) is 4.90 Å². The number of amides is 1. The molecule has 0 radical (unpaired) electrons. The van der Waals surface area contributed by atoms with E-state index in [0.29, 0.717) is 26.4 Å². The van der Waals surface area contributed by atoms with Crippen molar-refractivity contribution >= 4 is 6.09 Å². The average molecular weight is 286 g/mol. The molecule has 1 amide bonds. The number of aliphatic hydroxyl groups is 1. The highest BCUT2D eigenvalue weighted by atomic mass is 16.6. The van der Waals surface area contributed by atoms with Gasteiger partial charge in [0.2, 0.25) is 0 Å². The number of rotatable bonds is 1. The predicted octanol–water partition coefficient (Wildman–Crippen LogP) is 1.04. The molecule has 0 aromatic heterocycles. The van der Waals surface area contributed by atoms with Crippen LogP contribution in [0.15, 0.2) is 0 Å². The zero-order chi connectivity index (χ0) is 15.2. The number of carbonyl (C=O) groups excluding carboxylic acids is 1. The molecule has 2 heterocycles. The summed E-state index contributed by atoms with van der Waals surface area (Å²) in [5.74, 6) is 0. The summed E-state index contributed by atoms with van der Waals surface area (Å²) in [5, 5.41) is 9.92. The van der Waals surface area contributed by atoms with Crippen molar-refractivity contribution in [1.82, 2.24) is 9.80 Å². The van der Waals surface area contributed by atoms with E-state index in [0.717, 1.165) is 0 Å². The van der Waals surface area contributed by atoms with Gasteiger partial charge in [-0.05, 0) is 34.6 Å². The summed E-state index contributed by atoms with van der Waals surface area (Å²) in [6, 6.07) is 0. The molecule has 2 saturated heterocycles. The molecule has 0 aliphatic carbocycles. The lowest BCUT2D eigenvalue weighted by Crippen LogP contribution is -2.69. The first-order valence-electron chi connectivity index (χ1n) is 7.09. The average Bonchev–Trinajstić information content (AvgIpc) is 2.59. The van der Waals surface area contributed by atoms with E-state index < -0.39 is 16.7 Å². The van der Waals surface area contributed by atoms with Crippen LogP contribution in [-0.4, -0.2) is 70.7 Å². The molecular formula is C14H26N2O4. The summed E-state index contributed by atoms with van der Waals surface area (Å²) in [5.41, 5.74) is -1.56. The Balaban J connectivity index is 2.16. The van der Waals surface area contributed by atoms with Crippen molar-refractivity contribution < 1.29 is 19.4 Å². The Bertz CT molecular complexity index is 391. The first kappa shape index (κ1) is 15.5. The third kappa shape index (κ3) is 2.52. The molecule has 0 aromatic rings. The maximum atomic E-state index is 12.2. The lowest BCUT2D eigenvalue weighted by Gasteiger charge is -2.49. The highest BCUT2D eigenvalue weighted by molar-refractivity contribution is 5.68. The van der Waals surface area contributed by atoms with E-state index in [1.807, 2.05) is 34.6 Å². The minimum Gasteiger partial charge on any atom is -0.444 e. The highest BCUT2D eigenvalue weighted by Gasteiger charge is 2.58. The molecule has 2 aliphatic heterocycles. The minimum absolute atomic E-state index is 0.0424. The van der Waals surface area contributed by atoms with Gasteiger partial charge in [0, 0.05) is 19.6 Å². The smallest absolute Gasteiger partial charge is 0.410 e. The van der Waals surface area contributed by atoms with E-state index in [1.165, 1.54) is 0 Å². The Morgan fingerprint density at radius 1 is 1.35 bits per heavy atom. The number of piperazine rings is 1. The number of fused-ring (bicyclic) bond motifs is 1. The van der Waals surface area contributed by atoms with Crippen molar-refractivity contribution in [2.24, 2.45) is 0 Å². The van der Waals surface area contributed by atoms with E-state index in [-0.39, 0.29) is 12.7 Å². The van der Waals surface area contributed by atoms with Crippen molar-refractivity contribution in [3.63, 3.8) is 0 Å². The van der Waals surface area contributed by atoms with Crippen LogP contribution >= 0.6 is 0 Å².